The Bertz CT molecular complexity index is 584. The van der Waals surface area contributed by atoms with Gasteiger partial charge in [0, 0.05) is 0 Å². The van der Waals surface area contributed by atoms with E-state index in [0.717, 1.165) is 33.3 Å². The summed E-state index contributed by atoms with van der Waals surface area (Å²) in [7, 11) is 3.35. The van der Waals surface area contributed by atoms with Crippen LogP contribution in [0.4, 0.5) is 0 Å². The van der Waals surface area contributed by atoms with E-state index in [4.69, 9.17) is 18.9 Å². The van der Waals surface area contributed by atoms with Crippen LogP contribution in [0.3, 0.4) is 0 Å². The van der Waals surface area contributed by atoms with Crippen molar-refractivity contribution < 1.29 is 18.9 Å². The van der Waals surface area contributed by atoms with Crippen molar-refractivity contribution in [1.29, 1.82) is 0 Å². The van der Waals surface area contributed by atoms with Gasteiger partial charge in [0.2, 0.25) is 0 Å². The van der Waals surface area contributed by atoms with Crippen LogP contribution in [0.5, 0.6) is 11.5 Å². The van der Waals surface area contributed by atoms with E-state index in [1.807, 2.05) is 48.5 Å². The van der Waals surface area contributed by atoms with Crippen LogP contribution >= 0.6 is 0 Å². The van der Waals surface area contributed by atoms with E-state index in [-0.39, 0.29) is 12.2 Å². The zero-order chi connectivity index (χ0) is 17.5. The van der Waals surface area contributed by atoms with Crippen molar-refractivity contribution in [3.8, 4) is 11.5 Å². The molecule has 1 fully saturated rings. The molecular formula is C20H24O4Se. The third-order valence-corrected chi connectivity index (χ3v) is 6.59. The number of benzene rings is 2. The number of rotatable bonds is 8. The minimum absolute atomic E-state index is 0.195. The molecule has 0 amide bonds. The third-order valence-electron chi connectivity index (χ3n) is 4.23. The normalized spacial score (nSPS) is 19.8. The van der Waals surface area contributed by atoms with Crippen molar-refractivity contribution >= 4 is 15.0 Å². The summed E-state index contributed by atoms with van der Waals surface area (Å²) in [6.45, 7) is 1.24. The van der Waals surface area contributed by atoms with E-state index in [9.17, 15) is 0 Å². The summed E-state index contributed by atoms with van der Waals surface area (Å²) in [6.07, 6.45) is 0.390. The molecule has 1 aliphatic heterocycles. The fourth-order valence-electron chi connectivity index (χ4n) is 2.68. The van der Waals surface area contributed by atoms with Crippen LogP contribution in [-0.2, 0) is 22.7 Å². The standard InChI is InChI=1S/C20H24O4Se/c1-21-17-7-3-15(4-8-17)11-23-19-13-25-14-20(19)24-12-16-5-9-18(22-2)10-6-16/h3-10,19-20H,11-14H2,1-2H3/t19-,20-/m1/s1. The van der Waals surface area contributed by atoms with Crippen LogP contribution in [0.1, 0.15) is 11.1 Å². The van der Waals surface area contributed by atoms with Gasteiger partial charge in [-0.2, -0.15) is 0 Å². The van der Waals surface area contributed by atoms with Crippen molar-refractivity contribution in [1.82, 2.24) is 0 Å². The van der Waals surface area contributed by atoms with Crippen LogP contribution in [0, 0.1) is 0 Å². The number of methoxy groups -OCH3 is 2. The molecule has 5 heteroatoms. The molecule has 0 unspecified atom stereocenters. The molecule has 3 rings (SSSR count). The van der Waals surface area contributed by atoms with Gasteiger partial charge >= 0.3 is 155 Å². The predicted molar refractivity (Wildman–Crippen MR) is 98.5 cm³/mol. The molecule has 25 heavy (non-hydrogen) atoms. The molecule has 1 saturated heterocycles. The van der Waals surface area contributed by atoms with Crippen LogP contribution in [0.25, 0.3) is 0 Å². The van der Waals surface area contributed by atoms with Gasteiger partial charge in [-0.15, -0.1) is 0 Å². The monoisotopic (exact) mass is 408 g/mol. The van der Waals surface area contributed by atoms with E-state index < -0.39 is 0 Å². The van der Waals surface area contributed by atoms with E-state index in [0.29, 0.717) is 28.2 Å². The summed E-state index contributed by atoms with van der Waals surface area (Å²) in [6, 6.07) is 16.1. The Hall–Kier alpha value is -1.52. The molecule has 0 spiro atoms. The van der Waals surface area contributed by atoms with Crippen molar-refractivity contribution in [2.24, 2.45) is 0 Å². The molecule has 2 aromatic carbocycles. The molecule has 0 aliphatic carbocycles. The van der Waals surface area contributed by atoms with Gasteiger partial charge in [-0.05, 0) is 0 Å². The molecule has 134 valence electrons. The van der Waals surface area contributed by atoms with E-state index >= 15 is 0 Å². The van der Waals surface area contributed by atoms with Crippen molar-refractivity contribution in [3.63, 3.8) is 0 Å². The summed E-state index contributed by atoms with van der Waals surface area (Å²) >= 11 is 0.606. The first kappa shape index (κ1) is 18.3. The molecule has 4 nitrogen and oxygen atoms in total. The van der Waals surface area contributed by atoms with E-state index in [1.165, 1.54) is 0 Å². The predicted octanol–water partition coefficient (Wildman–Crippen LogP) is 3.73. The fourth-order valence-corrected chi connectivity index (χ4v) is 5.24. The summed E-state index contributed by atoms with van der Waals surface area (Å²) in [4.78, 5) is 0. The van der Waals surface area contributed by atoms with Gasteiger partial charge < -0.3 is 0 Å². The Balaban J connectivity index is 1.47. The molecule has 1 aliphatic rings. The van der Waals surface area contributed by atoms with Gasteiger partial charge in [0.15, 0.2) is 0 Å². The Morgan fingerprint density at radius 2 is 1.12 bits per heavy atom. The number of hydrogen-bond donors (Lipinski definition) is 0. The molecule has 0 saturated carbocycles. The zero-order valence-corrected chi connectivity index (χ0v) is 16.4. The first-order chi connectivity index (χ1) is 12.3. The van der Waals surface area contributed by atoms with Crippen molar-refractivity contribution in [3.05, 3.63) is 59.7 Å². The SMILES string of the molecule is COc1ccc(CO[C@@H]2C[Se]C[C@H]2OCc2ccc(OC)cc2)cc1. The average Bonchev–Trinajstić information content (AvgIpc) is 3.13. The summed E-state index contributed by atoms with van der Waals surface area (Å²) in [5, 5.41) is 2.24. The second-order valence-electron chi connectivity index (χ2n) is 5.93. The van der Waals surface area contributed by atoms with E-state index in [2.05, 4.69) is 0 Å². The maximum atomic E-state index is 6.13. The van der Waals surface area contributed by atoms with Gasteiger partial charge in [-0.25, -0.2) is 0 Å². The summed E-state index contributed by atoms with van der Waals surface area (Å²) in [5.41, 5.74) is 2.32. The second kappa shape index (κ2) is 9.25. The Kier molecular flexibility index (Phi) is 6.76. The van der Waals surface area contributed by atoms with Crippen molar-refractivity contribution in [2.45, 2.75) is 36.1 Å². The molecule has 2 atom stereocenters. The number of ether oxygens (including phenoxy) is 4. The Morgan fingerprint density at radius 1 is 0.720 bits per heavy atom. The first-order valence-corrected chi connectivity index (χ1v) is 10.8. The van der Waals surface area contributed by atoms with Crippen LogP contribution < -0.4 is 9.47 Å². The molecular weight excluding hydrogens is 383 g/mol. The quantitative estimate of drug-likeness (QED) is 0.625. The molecule has 0 radical (unpaired) electrons. The van der Waals surface area contributed by atoms with Gasteiger partial charge in [0.05, 0.1) is 0 Å². The van der Waals surface area contributed by atoms with Gasteiger partial charge in [-0.3, -0.25) is 0 Å². The Morgan fingerprint density at radius 3 is 1.48 bits per heavy atom. The van der Waals surface area contributed by atoms with Crippen LogP contribution in [0.2, 0.25) is 10.6 Å². The second-order valence-corrected chi connectivity index (χ2v) is 8.19. The maximum absolute atomic E-state index is 6.13. The molecule has 2 aromatic rings. The Labute approximate surface area is 155 Å². The first-order valence-electron chi connectivity index (χ1n) is 8.35. The third kappa shape index (κ3) is 5.22. The average molecular weight is 407 g/mol. The van der Waals surface area contributed by atoms with Gasteiger partial charge in [0.1, 0.15) is 0 Å². The fraction of sp³-hybridized carbons (Fsp3) is 0.400. The zero-order valence-electron chi connectivity index (χ0n) is 14.6. The molecule has 0 bridgehead atoms. The minimum atomic E-state index is 0.195. The molecule has 0 N–H and O–H groups in total. The summed E-state index contributed by atoms with van der Waals surface area (Å²) in [5.74, 6) is 1.74. The number of hydrogen-bond acceptors (Lipinski definition) is 4. The van der Waals surface area contributed by atoms with Crippen LogP contribution in [-0.4, -0.2) is 41.4 Å². The van der Waals surface area contributed by atoms with Gasteiger partial charge in [0.25, 0.3) is 0 Å². The topological polar surface area (TPSA) is 36.9 Å². The van der Waals surface area contributed by atoms with Crippen LogP contribution in [0.15, 0.2) is 48.5 Å². The summed E-state index contributed by atoms with van der Waals surface area (Å²) < 4.78 is 22.6. The molecule has 0 aromatic heterocycles. The molecule has 1 heterocycles. The van der Waals surface area contributed by atoms with E-state index in [1.54, 1.807) is 14.2 Å². The van der Waals surface area contributed by atoms with Gasteiger partial charge in [-0.1, -0.05) is 0 Å². The van der Waals surface area contributed by atoms with Crippen molar-refractivity contribution in [2.75, 3.05) is 14.2 Å².